The molecule has 0 fully saturated rings. The third kappa shape index (κ3) is 3.96. The second-order valence-corrected chi connectivity index (χ2v) is 8.48. The zero-order chi connectivity index (χ0) is 19.6. The van der Waals surface area contributed by atoms with Crippen LogP contribution in [-0.2, 0) is 21.1 Å². The number of benzene rings is 2. The summed E-state index contributed by atoms with van der Waals surface area (Å²) >= 11 is 0. The Bertz CT molecular complexity index is 974. The van der Waals surface area contributed by atoms with Gasteiger partial charge in [-0.25, -0.2) is 17.6 Å². The second kappa shape index (κ2) is 7.66. The molecule has 27 heavy (non-hydrogen) atoms. The summed E-state index contributed by atoms with van der Waals surface area (Å²) in [4.78, 5) is 11.1. The molecule has 1 aliphatic heterocycles. The highest BCUT2D eigenvalue weighted by Crippen LogP contribution is 2.37. The third-order valence-electron chi connectivity index (χ3n) is 4.55. The highest BCUT2D eigenvalue weighted by Gasteiger charge is 2.29. The van der Waals surface area contributed by atoms with Crippen LogP contribution < -0.4 is 10.1 Å². The van der Waals surface area contributed by atoms with Gasteiger partial charge in [-0.05, 0) is 41.8 Å². The van der Waals surface area contributed by atoms with E-state index in [0.29, 0.717) is 29.0 Å². The molecule has 0 radical (unpaired) electrons. The summed E-state index contributed by atoms with van der Waals surface area (Å²) in [5, 5.41) is 12.1. The molecule has 8 heteroatoms. The van der Waals surface area contributed by atoms with Gasteiger partial charge in [-0.1, -0.05) is 19.1 Å². The summed E-state index contributed by atoms with van der Waals surface area (Å²) in [6.45, 7) is 1.54. The molecule has 0 bridgehead atoms. The van der Waals surface area contributed by atoms with E-state index in [0.717, 1.165) is 5.56 Å². The largest absolute Gasteiger partial charge is 0.482 e. The molecule has 0 amide bonds. The van der Waals surface area contributed by atoms with Crippen LogP contribution in [0.1, 0.15) is 29.7 Å². The first-order valence-corrected chi connectivity index (χ1v) is 10.2. The summed E-state index contributed by atoms with van der Waals surface area (Å²) in [7, 11) is -3.40. The van der Waals surface area contributed by atoms with E-state index < -0.39 is 34.3 Å². The normalized spacial score (nSPS) is 16.6. The highest BCUT2D eigenvalue weighted by atomic mass is 32.2. The lowest BCUT2D eigenvalue weighted by molar-refractivity contribution is -0.139. The number of halogens is 1. The van der Waals surface area contributed by atoms with Gasteiger partial charge in [0, 0.05) is 12.1 Å². The van der Waals surface area contributed by atoms with Gasteiger partial charge in [-0.2, -0.15) is 0 Å². The van der Waals surface area contributed by atoms with E-state index in [1.165, 1.54) is 18.2 Å². The lowest BCUT2D eigenvalue weighted by Crippen LogP contribution is -2.32. The smallest absolute Gasteiger partial charge is 0.341 e. The predicted molar refractivity (Wildman–Crippen MR) is 97.2 cm³/mol. The molecule has 0 aliphatic carbocycles. The zero-order valence-electron chi connectivity index (χ0n) is 14.7. The molecule has 2 N–H and O–H groups in total. The van der Waals surface area contributed by atoms with Crippen molar-refractivity contribution >= 4 is 15.8 Å². The molecule has 2 aromatic rings. The maximum absolute atomic E-state index is 13.9. The minimum absolute atomic E-state index is 0.00547. The summed E-state index contributed by atoms with van der Waals surface area (Å²) in [6.07, 6.45) is 0.530. The molecule has 0 spiro atoms. The number of hydrogen-bond acceptors (Lipinski definition) is 5. The van der Waals surface area contributed by atoms with Crippen LogP contribution in [0.4, 0.5) is 4.39 Å². The Kier molecular flexibility index (Phi) is 5.48. The first-order chi connectivity index (χ1) is 12.8. The zero-order valence-corrected chi connectivity index (χ0v) is 15.6. The Hall–Kier alpha value is -2.45. The fraction of sp³-hybridized carbons (Fsp3) is 0.316. The maximum Gasteiger partial charge on any atom is 0.341 e. The number of hydrogen-bond donors (Lipinski definition) is 2. The molecule has 0 saturated carbocycles. The SMILES string of the molecule is CCS(=O)(=O)c1cccc2c1CCNC2c1cc(F)ccc1OCC(=O)O. The quantitative estimate of drug-likeness (QED) is 0.783. The van der Waals surface area contributed by atoms with Crippen molar-refractivity contribution in [3.05, 3.63) is 58.9 Å². The summed E-state index contributed by atoms with van der Waals surface area (Å²) in [5.41, 5.74) is 1.86. The van der Waals surface area contributed by atoms with E-state index in [1.807, 2.05) is 0 Å². The van der Waals surface area contributed by atoms with Crippen molar-refractivity contribution in [1.29, 1.82) is 0 Å². The molecular weight excluding hydrogens is 373 g/mol. The Morgan fingerprint density at radius 1 is 1.30 bits per heavy atom. The fourth-order valence-corrected chi connectivity index (χ4v) is 4.50. The van der Waals surface area contributed by atoms with Crippen molar-refractivity contribution in [2.75, 3.05) is 18.9 Å². The van der Waals surface area contributed by atoms with Gasteiger partial charge in [0.05, 0.1) is 16.7 Å². The maximum atomic E-state index is 13.9. The Morgan fingerprint density at radius 3 is 2.78 bits per heavy atom. The predicted octanol–water partition coefficient (Wildman–Crippen LogP) is 2.32. The van der Waals surface area contributed by atoms with E-state index in [9.17, 15) is 17.6 Å². The van der Waals surface area contributed by atoms with Gasteiger partial charge in [0.25, 0.3) is 0 Å². The summed E-state index contributed by atoms with van der Waals surface area (Å²) < 4.78 is 44.1. The van der Waals surface area contributed by atoms with Gasteiger partial charge in [-0.15, -0.1) is 0 Å². The van der Waals surface area contributed by atoms with Crippen LogP contribution in [0.2, 0.25) is 0 Å². The number of rotatable bonds is 6. The van der Waals surface area contributed by atoms with Gasteiger partial charge < -0.3 is 15.2 Å². The molecule has 1 heterocycles. The first kappa shape index (κ1) is 19.3. The van der Waals surface area contributed by atoms with Crippen LogP contribution in [0, 0.1) is 5.82 Å². The molecule has 6 nitrogen and oxygen atoms in total. The summed E-state index contributed by atoms with van der Waals surface area (Å²) in [5.74, 6) is -1.39. The number of carboxylic acids is 1. The average Bonchev–Trinajstić information content (AvgIpc) is 2.65. The van der Waals surface area contributed by atoms with Crippen molar-refractivity contribution in [2.45, 2.75) is 24.3 Å². The number of nitrogens with one attached hydrogen (secondary N) is 1. The van der Waals surface area contributed by atoms with Crippen LogP contribution in [-0.4, -0.2) is 38.4 Å². The monoisotopic (exact) mass is 393 g/mol. The van der Waals surface area contributed by atoms with Gasteiger partial charge >= 0.3 is 5.97 Å². The molecular formula is C19H20FNO5S. The van der Waals surface area contributed by atoms with Crippen molar-refractivity contribution in [1.82, 2.24) is 5.32 Å². The van der Waals surface area contributed by atoms with Crippen LogP contribution >= 0.6 is 0 Å². The molecule has 1 atom stereocenters. The lowest BCUT2D eigenvalue weighted by atomic mass is 9.89. The fourth-order valence-electron chi connectivity index (χ4n) is 3.31. The summed E-state index contributed by atoms with van der Waals surface area (Å²) in [6, 6.07) is 8.42. The number of carbonyl (C=O) groups is 1. The van der Waals surface area contributed by atoms with Crippen LogP contribution in [0.15, 0.2) is 41.3 Å². The molecule has 0 aromatic heterocycles. The van der Waals surface area contributed by atoms with Crippen molar-refractivity contribution in [2.24, 2.45) is 0 Å². The minimum Gasteiger partial charge on any atom is -0.482 e. The second-order valence-electron chi connectivity index (χ2n) is 6.23. The average molecular weight is 393 g/mol. The number of sulfone groups is 1. The van der Waals surface area contributed by atoms with Crippen molar-refractivity contribution in [3.8, 4) is 5.75 Å². The van der Waals surface area contributed by atoms with E-state index >= 15 is 0 Å². The van der Waals surface area contributed by atoms with Gasteiger partial charge in [0.2, 0.25) is 0 Å². The first-order valence-electron chi connectivity index (χ1n) is 8.55. The molecule has 1 aliphatic rings. The van der Waals surface area contributed by atoms with Crippen molar-refractivity contribution in [3.63, 3.8) is 0 Å². The topological polar surface area (TPSA) is 92.7 Å². The molecule has 1 unspecified atom stereocenters. The Labute approximate surface area is 156 Å². The van der Waals surface area contributed by atoms with E-state index in [4.69, 9.17) is 9.84 Å². The van der Waals surface area contributed by atoms with E-state index in [-0.39, 0.29) is 11.5 Å². The standard InChI is InChI=1S/C19H20FNO5S/c1-2-27(24,25)17-5-3-4-14-13(17)8-9-21-19(14)15-10-12(20)6-7-16(15)26-11-18(22)23/h3-7,10,19,21H,2,8-9,11H2,1H3,(H,22,23). The van der Waals surface area contributed by atoms with Crippen LogP contribution in [0.25, 0.3) is 0 Å². The molecule has 3 rings (SSSR count). The molecule has 144 valence electrons. The van der Waals surface area contributed by atoms with E-state index in [1.54, 1.807) is 25.1 Å². The Balaban J connectivity index is 2.11. The van der Waals surface area contributed by atoms with Gasteiger partial charge in [0.15, 0.2) is 16.4 Å². The van der Waals surface area contributed by atoms with Crippen molar-refractivity contribution < 1.29 is 27.4 Å². The molecule has 2 aromatic carbocycles. The van der Waals surface area contributed by atoms with Crippen LogP contribution in [0.3, 0.4) is 0 Å². The number of fused-ring (bicyclic) bond motifs is 1. The number of carboxylic acid groups (broad SMARTS) is 1. The van der Waals surface area contributed by atoms with Gasteiger partial charge in [-0.3, -0.25) is 0 Å². The third-order valence-corrected chi connectivity index (χ3v) is 6.37. The highest BCUT2D eigenvalue weighted by molar-refractivity contribution is 7.91. The lowest BCUT2D eigenvalue weighted by Gasteiger charge is -2.30. The molecule has 0 saturated heterocycles. The number of aliphatic carboxylic acids is 1. The van der Waals surface area contributed by atoms with Gasteiger partial charge in [0.1, 0.15) is 11.6 Å². The Morgan fingerprint density at radius 2 is 2.07 bits per heavy atom. The van der Waals surface area contributed by atoms with E-state index in [2.05, 4.69) is 5.32 Å². The minimum atomic E-state index is -3.40. The van der Waals surface area contributed by atoms with Crippen LogP contribution in [0.5, 0.6) is 5.75 Å². The number of ether oxygens (including phenoxy) is 1.